The normalized spacial score (nSPS) is 28.9. The van der Waals surface area contributed by atoms with Gasteiger partial charge in [-0.1, -0.05) is 41.5 Å². The van der Waals surface area contributed by atoms with E-state index in [-0.39, 0.29) is 12.1 Å². The van der Waals surface area contributed by atoms with E-state index in [1.54, 1.807) is 5.06 Å². The van der Waals surface area contributed by atoms with Gasteiger partial charge < -0.3 is 13.9 Å². The first-order valence-corrected chi connectivity index (χ1v) is 12.0. The fraction of sp³-hybridized carbons (Fsp3) is 0.895. The van der Waals surface area contributed by atoms with E-state index in [1.165, 1.54) is 14.2 Å². The van der Waals surface area contributed by atoms with Crippen molar-refractivity contribution >= 4 is 20.3 Å². The van der Waals surface area contributed by atoms with E-state index < -0.39 is 32.3 Å². The summed E-state index contributed by atoms with van der Waals surface area (Å²) in [6, 6.07) is -0.329. The number of methoxy groups -OCH3 is 2. The molecule has 2 fully saturated rings. The molecule has 8 heteroatoms. The lowest BCUT2D eigenvalue weighted by atomic mass is 9.92. The molecule has 0 saturated carbocycles. The Morgan fingerprint density at radius 3 is 1.93 bits per heavy atom. The summed E-state index contributed by atoms with van der Waals surface area (Å²) in [5.41, 5.74) is 1.30. The minimum Gasteiger partial charge on any atom is -0.469 e. The summed E-state index contributed by atoms with van der Waals surface area (Å²) in [6.07, 6.45) is -0.373. The molecule has 27 heavy (non-hydrogen) atoms. The number of hydrogen-bond acceptors (Lipinski definition) is 7. The molecule has 0 amide bonds. The fourth-order valence-corrected chi connectivity index (χ4v) is 10.8. The highest BCUT2D eigenvalue weighted by atomic mass is 28.4. The van der Waals surface area contributed by atoms with Crippen molar-refractivity contribution in [3.8, 4) is 0 Å². The number of carbonyl (C=O) groups excluding carboxylic acids is 2. The molecule has 2 aliphatic heterocycles. The molecule has 0 spiro atoms. The van der Waals surface area contributed by atoms with Crippen LogP contribution < -0.4 is 0 Å². The van der Waals surface area contributed by atoms with Gasteiger partial charge in [-0.2, -0.15) is 5.06 Å². The molecule has 4 atom stereocenters. The van der Waals surface area contributed by atoms with Crippen molar-refractivity contribution in [2.45, 2.75) is 82.8 Å². The topological polar surface area (TPSA) is 74.3 Å². The summed E-state index contributed by atoms with van der Waals surface area (Å²) in [4.78, 5) is 30.5. The number of esters is 2. The summed E-state index contributed by atoms with van der Waals surface area (Å²) in [5, 5.41) is 1.73. The first-order chi connectivity index (χ1) is 12.6. The second-order valence-electron chi connectivity index (χ2n) is 8.49. The van der Waals surface area contributed by atoms with Gasteiger partial charge in [0.25, 0.3) is 0 Å². The molecule has 2 saturated heterocycles. The van der Waals surface area contributed by atoms with Crippen LogP contribution in [-0.2, 0) is 28.3 Å². The number of ether oxygens (including phenoxy) is 2. The van der Waals surface area contributed by atoms with Gasteiger partial charge in [0.1, 0.15) is 5.92 Å². The van der Waals surface area contributed by atoms with Gasteiger partial charge in [0.2, 0.25) is 8.32 Å². The lowest BCUT2D eigenvalue weighted by Gasteiger charge is -2.45. The van der Waals surface area contributed by atoms with Crippen LogP contribution in [-0.4, -0.2) is 64.3 Å². The van der Waals surface area contributed by atoms with Gasteiger partial charge in [-0.3, -0.25) is 9.63 Å². The average molecular weight is 402 g/mol. The summed E-state index contributed by atoms with van der Waals surface area (Å²) in [5.74, 6) is -1.76. The lowest BCUT2D eigenvalue weighted by molar-refractivity contribution is -0.184. The molecule has 0 unspecified atom stereocenters. The Hall–Kier alpha value is -0.963. The number of rotatable bonds is 7. The molecule has 0 N–H and O–H groups in total. The molecule has 0 bridgehead atoms. The first-order valence-electron chi connectivity index (χ1n) is 9.88. The number of fused-ring (bicyclic) bond motifs is 1. The third kappa shape index (κ3) is 3.81. The Labute approximate surface area is 163 Å². The van der Waals surface area contributed by atoms with Gasteiger partial charge in [0, 0.05) is 6.54 Å². The molecule has 0 aromatic heterocycles. The molecule has 0 radical (unpaired) electrons. The van der Waals surface area contributed by atoms with E-state index in [2.05, 4.69) is 41.5 Å². The molecule has 2 aliphatic rings. The van der Waals surface area contributed by atoms with E-state index in [0.29, 0.717) is 23.2 Å². The molecule has 0 aliphatic carbocycles. The summed E-state index contributed by atoms with van der Waals surface area (Å²) in [6.45, 7) is 14.0. The van der Waals surface area contributed by atoms with Crippen LogP contribution in [0.2, 0.25) is 16.6 Å². The average Bonchev–Trinajstić information content (AvgIpc) is 3.16. The SMILES string of the molecule is COC(=O)[C@H]1[C@@H]2[C@@H](O[Si](C(C)C)(C(C)C)C(C)C)CCN2O[C@H]1C(=O)OC. The van der Waals surface area contributed by atoms with E-state index in [4.69, 9.17) is 18.7 Å². The number of carbonyl (C=O) groups is 2. The van der Waals surface area contributed by atoms with Crippen molar-refractivity contribution in [3.63, 3.8) is 0 Å². The first kappa shape index (κ1) is 22.3. The second kappa shape index (κ2) is 8.59. The van der Waals surface area contributed by atoms with Crippen LogP contribution in [0.3, 0.4) is 0 Å². The zero-order chi connectivity index (χ0) is 20.5. The van der Waals surface area contributed by atoms with Gasteiger partial charge >= 0.3 is 11.9 Å². The number of hydrogen-bond donors (Lipinski definition) is 0. The minimum atomic E-state index is -2.14. The smallest absolute Gasteiger partial charge is 0.338 e. The van der Waals surface area contributed by atoms with E-state index >= 15 is 0 Å². The number of hydroxylamine groups is 2. The predicted octanol–water partition coefficient (Wildman–Crippen LogP) is 2.90. The van der Waals surface area contributed by atoms with Crippen LogP contribution >= 0.6 is 0 Å². The molecule has 7 nitrogen and oxygen atoms in total. The summed E-state index contributed by atoms with van der Waals surface area (Å²) in [7, 11) is 0.495. The van der Waals surface area contributed by atoms with E-state index in [9.17, 15) is 9.59 Å². The van der Waals surface area contributed by atoms with Crippen molar-refractivity contribution in [1.29, 1.82) is 0 Å². The standard InChI is InChI=1S/C19H35NO6Si/c1-11(2)27(12(3)4,13(5)6)26-14-9-10-20-16(14)15(18(21)23-7)17(25-20)19(22)24-8/h11-17H,9-10H2,1-8H3/t14-,15-,16-,17+/m0/s1. The van der Waals surface area contributed by atoms with Gasteiger partial charge in [0.15, 0.2) is 6.10 Å². The Morgan fingerprint density at radius 1 is 0.963 bits per heavy atom. The third-order valence-electron chi connectivity index (χ3n) is 6.26. The maximum atomic E-state index is 12.5. The zero-order valence-electron chi connectivity index (χ0n) is 17.9. The Balaban J connectivity index is 2.36. The van der Waals surface area contributed by atoms with Crippen LogP contribution in [0.25, 0.3) is 0 Å². The van der Waals surface area contributed by atoms with Crippen LogP contribution in [0.15, 0.2) is 0 Å². The van der Waals surface area contributed by atoms with Crippen molar-refractivity contribution in [2.75, 3.05) is 20.8 Å². The largest absolute Gasteiger partial charge is 0.469 e. The molecule has 2 heterocycles. The molecular weight excluding hydrogens is 366 g/mol. The minimum absolute atomic E-state index is 0.164. The third-order valence-corrected chi connectivity index (χ3v) is 12.4. The van der Waals surface area contributed by atoms with Crippen molar-refractivity contribution in [3.05, 3.63) is 0 Å². The fourth-order valence-electron chi connectivity index (χ4n) is 5.19. The molecule has 0 aromatic carbocycles. The predicted molar refractivity (Wildman–Crippen MR) is 103 cm³/mol. The highest BCUT2D eigenvalue weighted by molar-refractivity contribution is 6.77. The van der Waals surface area contributed by atoms with Gasteiger partial charge in [-0.15, -0.1) is 0 Å². The van der Waals surface area contributed by atoms with Crippen LogP contribution in [0, 0.1) is 5.92 Å². The molecule has 156 valence electrons. The quantitative estimate of drug-likeness (QED) is 0.480. The van der Waals surface area contributed by atoms with E-state index in [0.717, 1.165) is 6.42 Å². The lowest BCUT2D eigenvalue weighted by Crippen LogP contribution is -2.53. The van der Waals surface area contributed by atoms with Crippen LogP contribution in [0.4, 0.5) is 0 Å². The van der Waals surface area contributed by atoms with Gasteiger partial charge in [-0.25, -0.2) is 4.79 Å². The highest BCUT2D eigenvalue weighted by Crippen LogP contribution is 2.47. The van der Waals surface area contributed by atoms with Crippen molar-refractivity contribution < 1.29 is 28.3 Å². The zero-order valence-corrected chi connectivity index (χ0v) is 18.9. The molecule has 0 aromatic rings. The highest BCUT2D eigenvalue weighted by Gasteiger charge is 2.59. The Kier molecular flexibility index (Phi) is 7.10. The Bertz CT molecular complexity index is 531. The van der Waals surface area contributed by atoms with Crippen molar-refractivity contribution in [1.82, 2.24) is 5.06 Å². The van der Waals surface area contributed by atoms with Crippen LogP contribution in [0.1, 0.15) is 48.0 Å². The Morgan fingerprint density at radius 2 is 1.48 bits per heavy atom. The monoisotopic (exact) mass is 401 g/mol. The second-order valence-corrected chi connectivity index (χ2v) is 13.9. The molecule has 2 rings (SSSR count). The maximum Gasteiger partial charge on any atom is 0.338 e. The maximum absolute atomic E-state index is 12.5. The van der Waals surface area contributed by atoms with Crippen molar-refractivity contribution in [2.24, 2.45) is 5.92 Å². The van der Waals surface area contributed by atoms with Crippen LogP contribution in [0.5, 0.6) is 0 Å². The van der Waals surface area contributed by atoms with Gasteiger partial charge in [0.05, 0.1) is 26.4 Å². The van der Waals surface area contributed by atoms with Gasteiger partial charge in [-0.05, 0) is 23.0 Å². The summed E-state index contributed by atoms with van der Waals surface area (Å²) < 4.78 is 16.8. The van der Waals surface area contributed by atoms with E-state index in [1.807, 2.05) is 0 Å². The number of nitrogens with zero attached hydrogens (tertiary/aromatic N) is 1. The molecular formula is C19H35NO6Si. The summed E-state index contributed by atoms with van der Waals surface area (Å²) >= 11 is 0.